The topological polar surface area (TPSA) is 49.4 Å². The van der Waals surface area contributed by atoms with Gasteiger partial charge in [-0.05, 0) is 42.7 Å². The maximum Gasteiger partial charge on any atom is 0.255 e. The molecule has 4 nitrogen and oxygen atoms in total. The van der Waals surface area contributed by atoms with E-state index in [1.54, 1.807) is 28.8 Å². The number of anilines is 1. The van der Waals surface area contributed by atoms with E-state index in [1.165, 1.54) is 18.4 Å². The molecule has 136 valence electrons. The SMILES string of the molecule is CCCCc1ccc(NC(=O)C2CSCN2C(=O)c2ccccc2)cc1. The molecule has 1 atom stereocenters. The molecule has 2 aromatic carbocycles. The minimum Gasteiger partial charge on any atom is -0.324 e. The van der Waals surface area contributed by atoms with Crippen molar-refractivity contribution in [3.63, 3.8) is 0 Å². The Morgan fingerprint density at radius 3 is 2.54 bits per heavy atom. The lowest BCUT2D eigenvalue weighted by atomic mass is 10.1. The van der Waals surface area contributed by atoms with Crippen molar-refractivity contribution in [1.82, 2.24) is 4.90 Å². The molecule has 1 fully saturated rings. The van der Waals surface area contributed by atoms with E-state index in [4.69, 9.17) is 0 Å². The van der Waals surface area contributed by atoms with Crippen molar-refractivity contribution in [3.8, 4) is 0 Å². The molecule has 1 aliphatic rings. The molecule has 3 rings (SSSR count). The molecule has 2 aromatic rings. The van der Waals surface area contributed by atoms with Gasteiger partial charge in [0.25, 0.3) is 5.91 Å². The number of aryl methyl sites for hydroxylation is 1. The Morgan fingerprint density at radius 2 is 1.85 bits per heavy atom. The van der Waals surface area contributed by atoms with E-state index in [2.05, 4.69) is 24.4 Å². The molecule has 26 heavy (non-hydrogen) atoms. The molecule has 0 aliphatic carbocycles. The Morgan fingerprint density at radius 1 is 1.12 bits per heavy atom. The number of thioether (sulfide) groups is 1. The first-order chi connectivity index (χ1) is 12.7. The van der Waals surface area contributed by atoms with Crippen molar-refractivity contribution in [2.24, 2.45) is 0 Å². The fourth-order valence-corrected chi connectivity index (χ4v) is 4.12. The van der Waals surface area contributed by atoms with E-state index in [-0.39, 0.29) is 11.8 Å². The number of carbonyl (C=O) groups excluding carboxylic acids is 2. The van der Waals surface area contributed by atoms with Gasteiger partial charge in [0, 0.05) is 17.0 Å². The Bertz CT molecular complexity index is 746. The number of amides is 2. The highest BCUT2D eigenvalue weighted by atomic mass is 32.2. The largest absolute Gasteiger partial charge is 0.324 e. The van der Waals surface area contributed by atoms with E-state index in [0.29, 0.717) is 17.2 Å². The molecule has 1 unspecified atom stereocenters. The summed E-state index contributed by atoms with van der Waals surface area (Å²) < 4.78 is 0. The van der Waals surface area contributed by atoms with Crippen LogP contribution in [0.1, 0.15) is 35.7 Å². The van der Waals surface area contributed by atoms with Crippen LogP contribution < -0.4 is 5.32 Å². The zero-order chi connectivity index (χ0) is 18.4. The second-order valence-corrected chi connectivity index (χ2v) is 7.45. The standard InChI is InChI=1S/C21H24N2O2S/c1-2-3-7-16-10-12-18(13-11-16)22-20(24)19-14-26-15-23(19)21(25)17-8-5-4-6-9-17/h4-6,8-13,19H,2-3,7,14-15H2,1H3,(H,22,24). The number of benzene rings is 2. The predicted molar refractivity (Wildman–Crippen MR) is 107 cm³/mol. The lowest BCUT2D eigenvalue weighted by Crippen LogP contribution is -2.44. The van der Waals surface area contributed by atoms with Gasteiger partial charge in [-0.25, -0.2) is 0 Å². The van der Waals surface area contributed by atoms with Crippen molar-refractivity contribution in [2.45, 2.75) is 32.2 Å². The highest BCUT2D eigenvalue weighted by Crippen LogP contribution is 2.24. The number of unbranched alkanes of at least 4 members (excludes halogenated alkanes) is 1. The second-order valence-electron chi connectivity index (χ2n) is 6.45. The molecule has 0 radical (unpaired) electrons. The first-order valence-electron chi connectivity index (χ1n) is 9.02. The third-order valence-corrected chi connectivity index (χ3v) is 5.52. The number of hydrogen-bond acceptors (Lipinski definition) is 3. The average Bonchev–Trinajstić information content (AvgIpc) is 3.17. The molecule has 1 saturated heterocycles. The van der Waals surface area contributed by atoms with Crippen LogP contribution in [0.15, 0.2) is 54.6 Å². The number of nitrogens with zero attached hydrogens (tertiary/aromatic N) is 1. The molecular formula is C21H24N2O2S. The fraction of sp³-hybridized carbons (Fsp3) is 0.333. The minimum absolute atomic E-state index is 0.0920. The van der Waals surface area contributed by atoms with Crippen molar-refractivity contribution in [1.29, 1.82) is 0 Å². The quantitative estimate of drug-likeness (QED) is 0.832. The van der Waals surface area contributed by atoms with Gasteiger partial charge >= 0.3 is 0 Å². The first kappa shape index (κ1) is 18.5. The van der Waals surface area contributed by atoms with Crippen LogP contribution >= 0.6 is 11.8 Å². The molecule has 0 spiro atoms. The van der Waals surface area contributed by atoms with Gasteiger partial charge in [0.15, 0.2) is 0 Å². The van der Waals surface area contributed by atoms with Crippen molar-refractivity contribution < 1.29 is 9.59 Å². The molecular weight excluding hydrogens is 344 g/mol. The molecule has 2 amide bonds. The summed E-state index contributed by atoms with van der Waals surface area (Å²) in [4.78, 5) is 27.0. The van der Waals surface area contributed by atoms with Gasteiger partial charge in [0.05, 0.1) is 5.88 Å². The summed E-state index contributed by atoms with van der Waals surface area (Å²) in [6.07, 6.45) is 3.40. The third-order valence-electron chi connectivity index (χ3n) is 4.51. The van der Waals surface area contributed by atoms with E-state index >= 15 is 0 Å². The summed E-state index contributed by atoms with van der Waals surface area (Å²) in [6.45, 7) is 2.18. The number of nitrogens with one attached hydrogen (secondary N) is 1. The van der Waals surface area contributed by atoms with Crippen LogP contribution in [0.3, 0.4) is 0 Å². The molecule has 1 heterocycles. The second kappa shape index (κ2) is 8.90. The lowest BCUT2D eigenvalue weighted by molar-refractivity contribution is -0.119. The van der Waals surface area contributed by atoms with Gasteiger partial charge in [0.2, 0.25) is 5.91 Å². The summed E-state index contributed by atoms with van der Waals surface area (Å²) in [7, 11) is 0. The summed E-state index contributed by atoms with van der Waals surface area (Å²) in [5, 5.41) is 2.96. The molecule has 0 aromatic heterocycles. The smallest absolute Gasteiger partial charge is 0.255 e. The van der Waals surface area contributed by atoms with Gasteiger partial charge in [-0.2, -0.15) is 0 Å². The van der Waals surface area contributed by atoms with E-state index in [0.717, 1.165) is 12.1 Å². The van der Waals surface area contributed by atoms with Crippen LogP contribution in [0.2, 0.25) is 0 Å². The van der Waals surface area contributed by atoms with Crippen LogP contribution in [-0.4, -0.2) is 34.4 Å². The third kappa shape index (κ3) is 4.47. The van der Waals surface area contributed by atoms with Gasteiger partial charge in [0.1, 0.15) is 6.04 Å². The highest BCUT2D eigenvalue weighted by molar-refractivity contribution is 7.99. The Balaban J connectivity index is 1.64. The maximum atomic E-state index is 12.7. The van der Waals surface area contributed by atoms with E-state index < -0.39 is 6.04 Å². The monoisotopic (exact) mass is 368 g/mol. The molecule has 0 bridgehead atoms. The zero-order valence-corrected chi connectivity index (χ0v) is 15.8. The van der Waals surface area contributed by atoms with Crippen molar-refractivity contribution in [2.75, 3.05) is 16.9 Å². The van der Waals surface area contributed by atoms with Gasteiger partial charge in [-0.15, -0.1) is 11.8 Å². The predicted octanol–water partition coefficient (Wildman–Crippen LogP) is 4.18. The van der Waals surface area contributed by atoms with Gasteiger partial charge in [-0.1, -0.05) is 43.7 Å². The number of carbonyl (C=O) groups is 2. The Labute approximate surface area is 159 Å². The van der Waals surface area contributed by atoms with Crippen LogP contribution in [0.4, 0.5) is 5.69 Å². The summed E-state index contributed by atoms with van der Waals surface area (Å²) in [5.74, 6) is 0.951. The van der Waals surface area contributed by atoms with Gasteiger partial charge in [-0.3, -0.25) is 9.59 Å². The lowest BCUT2D eigenvalue weighted by Gasteiger charge is -2.23. The minimum atomic E-state index is -0.438. The highest BCUT2D eigenvalue weighted by Gasteiger charge is 2.35. The van der Waals surface area contributed by atoms with Crippen LogP contribution in [-0.2, 0) is 11.2 Å². The summed E-state index contributed by atoms with van der Waals surface area (Å²) in [5.41, 5.74) is 2.68. The van der Waals surface area contributed by atoms with Crippen LogP contribution in [0.5, 0.6) is 0 Å². The normalized spacial score (nSPS) is 16.5. The molecule has 1 aliphatic heterocycles. The Hall–Kier alpha value is -2.27. The first-order valence-corrected chi connectivity index (χ1v) is 10.2. The molecule has 5 heteroatoms. The number of hydrogen-bond donors (Lipinski definition) is 1. The Kier molecular flexibility index (Phi) is 6.34. The average molecular weight is 369 g/mol. The van der Waals surface area contributed by atoms with Crippen LogP contribution in [0.25, 0.3) is 0 Å². The van der Waals surface area contributed by atoms with Crippen molar-refractivity contribution >= 4 is 29.3 Å². The fourth-order valence-electron chi connectivity index (χ4n) is 2.97. The van der Waals surface area contributed by atoms with Crippen LogP contribution in [0, 0.1) is 0 Å². The van der Waals surface area contributed by atoms with E-state index in [1.807, 2.05) is 30.3 Å². The zero-order valence-electron chi connectivity index (χ0n) is 15.0. The summed E-state index contributed by atoms with van der Waals surface area (Å²) >= 11 is 1.61. The van der Waals surface area contributed by atoms with E-state index in [9.17, 15) is 9.59 Å². The molecule has 1 N–H and O–H groups in total. The summed E-state index contributed by atoms with van der Waals surface area (Å²) in [6, 6.07) is 16.7. The maximum absolute atomic E-state index is 12.7. The van der Waals surface area contributed by atoms with Gasteiger partial charge < -0.3 is 10.2 Å². The van der Waals surface area contributed by atoms with Crippen molar-refractivity contribution in [3.05, 3.63) is 65.7 Å². The number of rotatable bonds is 6. The molecule has 0 saturated carbocycles.